The first kappa shape index (κ1) is 27.5. The van der Waals surface area contributed by atoms with E-state index in [9.17, 15) is 4.39 Å². The molecule has 3 aromatic heterocycles. The van der Waals surface area contributed by atoms with Crippen molar-refractivity contribution in [2.75, 3.05) is 0 Å². The molecule has 49 heavy (non-hydrogen) atoms. The van der Waals surface area contributed by atoms with E-state index in [1.807, 2.05) is 91.0 Å². The third-order valence-corrected chi connectivity index (χ3v) is 9.20. The maximum Gasteiger partial charge on any atom is 0.164 e. The summed E-state index contributed by atoms with van der Waals surface area (Å²) in [7, 11) is 0. The highest BCUT2D eigenvalue weighted by atomic mass is 19.1. The molecule has 6 heteroatoms. The molecule has 0 aliphatic carbocycles. The van der Waals surface area contributed by atoms with Gasteiger partial charge in [-0.2, -0.15) is 0 Å². The van der Waals surface area contributed by atoms with Crippen LogP contribution in [0.25, 0.3) is 99.9 Å². The summed E-state index contributed by atoms with van der Waals surface area (Å²) in [6.07, 6.45) is 0. The lowest BCUT2D eigenvalue weighted by Gasteiger charge is -2.11. The van der Waals surface area contributed by atoms with Crippen molar-refractivity contribution < 1.29 is 13.2 Å². The predicted octanol–water partition coefficient (Wildman–Crippen LogP) is 11.6. The number of furan rings is 2. The Morgan fingerprint density at radius 2 is 1.04 bits per heavy atom. The quantitative estimate of drug-likeness (QED) is 0.193. The molecule has 10 rings (SSSR count). The van der Waals surface area contributed by atoms with Crippen LogP contribution in [-0.4, -0.2) is 15.0 Å². The van der Waals surface area contributed by atoms with Crippen LogP contribution in [0.1, 0.15) is 0 Å². The van der Waals surface area contributed by atoms with E-state index < -0.39 is 0 Å². The topological polar surface area (TPSA) is 65.0 Å². The van der Waals surface area contributed by atoms with Gasteiger partial charge in [0.2, 0.25) is 0 Å². The zero-order chi connectivity index (χ0) is 32.5. The summed E-state index contributed by atoms with van der Waals surface area (Å²) in [4.78, 5) is 15.2. The summed E-state index contributed by atoms with van der Waals surface area (Å²) in [6, 6.07) is 46.9. The van der Waals surface area contributed by atoms with Crippen LogP contribution in [-0.2, 0) is 0 Å². The van der Waals surface area contributed by atoms with Crippen molar-refractivity contribution in [1.82, 2.24) is 15.0 Å². The van der Waals surface area contributed by atoms with Gasteiger partial charge in [-0.25, -0.2) is 19.3 Å². The third kappa shape index (κ3) is 4.42. The van der Waals surface area contributed by atoms with Crippen LogP contribution < -0.4 is 0 Å². The molecular weight excluding hydrogens is 609 g/mol. The zero-order valence-corrected chi connectivity index (χ0v) is 25.9. The van der Waals surface area contributed by atoms with Crippen LogP contribution in [0.2, 0.25) is 0 Å². The summed E-state index contributed by atoms with van der Waals surface area (Å²) >= 11 is 0. The van der Waals surface area contributed by atoms with E-state index >= 15 is 0 Å². The van der Waals surface area contributed by atoms with Gasteiger partial charge in [0.05, 0.1) is 0 Å². The van der Waals surface area contributed by atoms with Crippen molar-refractivity contribution in [3.05, 3.63) is 151 Å². The highest BCUT2D eigenvalue weighted by Gasteiger charge is 2.21. The molecule has 7 aromatic carbocycles. The molecule has 0 saturated carbocycles. The van der Waals surface area contributed by atoms with Crippen molar-refractivity contribution in [1.29, 1.82) is 0 Å². The van der Waals surface area contributed by atoms with E-state index in [4.69, 9.17) is 23.8 Å². The fourth-order valence-electron chi connectivity index (χ4n) is 6.91. The van der Waals surface area contributed by atoms with Gasteiger partial charge in [0.15, 0.2) is 17.5 Å². The third-order valence-electron chi connectivity index (χ3n) is 9.20. The molecule has 5 nitrogen and oxygen atoms in total. The van der Waals surface area contributed by atoms with Crippen LogP contribution in [0.15, 0.2) is 154 Å². The van der Waals surface area contributed by atoms with Crippen molar-refractivity contribution in [3.8, 4) is 45.3 Å². The Labute approximate surface area is 278 Å². The minimum atomic E-state index is -0.277. The van der Waals surface area contributed by atoms with Gasteiger partial charge >= 0.3 is 0 Å². The largest absolute Gasteiger partial charge is 0.456 e. The van der Waals surface area contributed by atoms with Gasteiger partial charge in [0, 0.05) is 43.6 Å². The van der Waals surface area contributed by atoms with E-state index in [1.165, 1.54) is 12.1 Å². The fourth-order valence-corrected chi connectivity index (χ4v) is 6.91. The van der Waals surface area contributed by atoms with Crippen molar-refractivity contribution in [2.45, 2.75) is 0 Å². The molecule has 0 aliphatic rings. The molecular formula is C43H24FN3O2. The molecule has 0 unspecified atom stereocenters. The number of rotatable bonds is 4. The lowest BCUT2D eigenvalue weighted by molar-refractivity contribution is 0.628. The summed E-state index contributed by atoms with van der Waals surface area (Å²) in [5, 5.41) is 5.89. The van der Waals surface area contributed by atoms with Gasteiger partial charge in [0.25, 0.3) is 0 Å². The number of fused-ring (bicyclic) bond motifs is 8. The lowest BCUT2D eigenvalue weighted by Crippen LogP contribution is -2.00. The minimum Gasteiger partial charge on any atom is -0.456 e. The van der Waals surface area contributed by atoms with E-state index in [2.05, 4.69) is 30.3 Å². The van der Waals surface area contributed by atoms with Gasteiger partial charge < -0.3 is 8.83 Å². The highest BCUT2D eigenvalue weighted by molar-refractivity contribution is 6.22. The Morgan fingerprint density at radius 1 is 0.388 bits per heavy atom. The zero-order valence-electron chi connectivity index (χ0n) is 25.9. The molecule has 0 spiro atoms. The molecule has 0 saturated heterocycles. The number of aromatic nitrogens is 3. The molecule has 10 aromatic rings. The van der Waals surface area contributed by atoms with Crippen molar-refractivity contribution in [2.24, 2.45) is 0 Å². The van der Waals surface area contributed by atoms with Gasteiger partial charge in [-0.15, -0.1) is 0 Å². The first-order valence-electron chi connectivity index (χ1n) is 16.0. The molecule has 0 fully saturated rings. The van der Waals surface area contributed by atoms with Crippen LogP contribution in [0.3, 0.4) is 0 Å². The van der Waals surface area contributed by atoms with Gasteiger partial charge in [-0.05, 0) is 59.0 Å². The first-order chi connectivity index (χ1) is 24.2. The standard InChI is InChI=1S/C43H24FN3O2/c44-28-20-17-25(18-21-28)29-14-8-16-37-39(29)35-24-34(30-11-4-5-13-33(30)40(35)49-37)43-46-41(26-9-2-1-3-10-26)45-42(47-43)27-19-22-32-31-12-6-7-15-36(31)48-38(32)23-27/h1-24H. The molecule has 0 bridgehead atoms. The summed E-state index contributed by atoms with van der Waals surface area (Å²) < 4.78 is 26.7. The molecule has 0 atom stereocenters. The van der Waals surface area contributed by atoms with E-state index in [1.54, 1.807) is 12.1 Å². The Hall–Kier alpha value is -6.66. The minimum absolute atomic E-state index is 0.277. The summed E-state index contributed by atoms with van der Waals surface area (Å²) in [5.41, 5.74) is 7.55. The van der Waals surface area contributed by atoms with Crippen molar-refractivity contribution >= 4 is 54.6 Å². The monoisotopic (exact) mass is 633 g/mol. The Bertz CT molecular complexity index is 2890. The maximum absolute atomic E-state index is 13.9. The predicted molar refractivity (Wildman–Crippen MR) is 194 cm³/mol. The Morgan fingerprint density at radius 3 is 1.88 bits per heavy atom. The normalized spacial score (nSPS) is 11.8. The van der Waals surface area contributed by atoms with Gasteiger partial charge in [-0.3, -0.25) is 0 Å². The number of halogens is 1. The average Bonchev–Trinajstić information content (AvgIpc) is 3.73. The molecule has 3 heterocycles. The second-order valence-electron chi connectivity index (χ2n) is 12.1. The number of hydrogen-bond donors (Lipinski definition) is 0. The fraction of sp³-hybridized carbons (Fsp3) is 0. The van der Waals surface area contributed by atoms with Crippen LogP contribution >= 0.6 is 0 Å². The number of nitrogens with zero attached hydrogens (tertiary/aromatic N) is 3. The number of benzene rings is 7. The smallest absolute Gasteiger partial charge is 0.164 e. The molecule has 0 N–H and O–H groups in total. The Kier molecular flexibility index (Phi) is 5.99. The summed E-state index contributed by atoms with van der Waals surface area (Å²) in [5.74, 6) is 1.37. The highest BCUT2D eigenvalue weighted by Crippen LogP contribution is 2.43. The first-order valence-corrected chi connectivity index (χ1v) is 16.0. The van der Waals surface area contributed by atoms with Crippen LogP contribution in [0, 0.1) is 5.82 Å². The van der Waals surface area contributed by atoms with E-state index in [0.717, 1.165) is 82.5 Å². The second-order valence-corrected chi connectivity index (χ2v) is 12.1. The summed E-state index contributed by atoms with van der Waals surface area (Å²) in [6.45, 7) is 0. The average molecular weight is 634 g/mol. The number of para-hydroxylation sites is 1. The molecule has 230 valence electrons. The van der Waals surface area contributed by atoms with E-state index in [-0.39, 0.29) is 5.82 Å². The van der Waals surface area contributed by atoms with Gasteiger partial charge in [-0.1, -0.05) is 103 Å². The van der Waals surface area contributed by atoms with E-state index in [0.29, 0.717) is 17.5 Å². The molecule has 0 aliphatic heterocycles. The van der Waals surface area contributed by atoms with Crippen LogP contribution in [0.4, 0.5) is 4.39 Å². The Balaban J connectivity index is 1.25. The lowest BCUT2D eigenvalue weighted by atomic mass is 9.95. The SMILES string of the molecule is Fc1ccc(-c2cccc3oc4c5ccccc5c(-c5nc(-c6ccccc6)nc(-c6ccc7c(c6)oc6ccccc67)n5)cc4c23)cc1. The van der Waals surface area contributed by atoms with Gasteiger partial charge in [0.1, 0.15) is 28.1 Å². The molecule has 0 amide bonds. The van der Waals surface area contributed by atoms with Crippen molar-refractivity contribution in [3.63, 3.8) is 0 Å². The molecule has 0 radical (unpaired) electrons. The number of hydrogen-bond acceptors (Lipinski definition) is 5. The van der Waals surface area contributed by atoms with Crippen LogP contribution in [0.5, 0.6) is 0 Å². The maximum atomic E-state index is 13.9. The second kappa shape index (κ2) is 10.7.